The first-order valence-electron chi connectivity index (χ1n) is 6.67. The second-order valence-corrected chi connectivity index (χ2v) is 5.78. The topological polar surface area (TPSA) is 26.0 Å². The summed E-state index contributed by atoms with van der Waals surface area (Å²) in [5.74, 6) is 6.89. The van der Waals surface area contributed by atoms with Gasteiger partial charge in [-0.05, 0) is 43.2 Å². The zero-order valence-corrected chi connectivity index (χ0v) is 12.8. The largest absolute Gasteiger partial charge is 0.320 e. The standard InChI is InChI=1S/C18H19NS/c1-14-5-6-15(2)18(12-14)20-13-17-9-7-16(8-10-17)4-3-11-19/h5-10,12H,11,13,19H2,1-2H3. The van der Waals surface area contributed by atoms with Crippen molar-refractivity contribution in [2.24, 2.45) is 5.73 Å². The number of rotatable bonds is 3. The highest BCUT2D eigenvalue weighted by Gasteiger charge is 2.01. The fourth-order valence-electron chi connectivity index (χ4n) is 1.86. The van der Waals surface area contributed by atoms with E-state index in [0.29, 0.717) is 6.54 Å². The van der Waals surface area contributed by atoms with E-state index in [1.165, 1.54) is 21.6 Å². The Morgan fingerprint density at radius 2 is 1.80 bits per heavy atom. The SMILES string of the molecule is Cc1ccc(C)c(SCc2ccc(C#CCN)cc2)c1. The molecule has 0 aromatic heterocycles. The molecule has 20 heavy (non-hydrogen) atoms. The lowest BCUT2D eigenvalue weighted by atomic mass is 10.1. The van der Waals surface area contributed by atoms with E-state index < -0.39 is 0 Å². The molecule has 2 rings (SSSR count). The summed E-state index contributed by atoms with van der Waals surface area (Å²) >= 11 is 1.88. The Kier molecular flexibility index (Phi) is 5.29. The number of nitrogens with two attached hydrogens (primary N) is 1. The van der Waals surface area contributed by atoms with Crippen LogP contribution in [0.4, 0.5) is 0 Å². The summed E-state index contributed by atoms with van der Waals surface area (Å²) in [5.41, 5.74) is 10.4. The lowest BCUT2D eigenvalue weighted by Crippen LogP contribution is -1.93. The van der Waals surface area contributed by atoms with E-state index in [4.69, 9.17) is 5.73 Å². The van der Waals surface area contributed by atoms with Crippen LogP contribution in [-0.2, 0) is 5.75 Å². The van der Waals surface area contributed by atoms with Gasteiger partial charge in [-0.25, -0.2) is 0 Å². The molecule has 2 aromatic rings. The molecule has 2 heteroatoms. The van der Waals surface area contributed by atoms with Crippen molar-refractivity contribution in [2.45, 2.75) is 24.5 Å². The third kappa shape index (κ3) is 4.16. The third-order valence-corrected chi connectivity index (χ3v) is 4.26. The molecular weight excluding hydrogens is 262 g/mol. The molecule has 2 N–H and O–H groups in total. The summed E-state index contributed by atoms with van der Waals surface area (Å²) in [5, 5.41) is 0. The molecule has 0 fully saturated rings. The van der Waals surface area contributed by atoms with Gasteiger partial charge in [-0.2, -0.15) is 0 Å². The molecule has 0 amide bonds. The average molecular weight is 281 g/mol. The van der Waals surface area contributed by atoms with E-state index in [1.54, 1.807) is 0 Å². The fraction of sp³-hybridized carbons (Fsp3) is 0.222. The van der Waals surface area contributed by atoms with Crippen LogP contribution in [0.2, 0.25) is 0 Å². The Morgan fingerprint density at radius 1 is 1.05 bits per heavy atom. The minimum Gasteiger partial charge on any atom is -0.320 e. The van der Waals surface area contributed by atoms with Gasteiger partial charge in [-0.3, -0.25) is 0 Å². The van der Waals surface area contributed by atoms with Gasteiger partial charge in [0.1, 0.15) is 0 Å². The van der Waals surface area contributed by atoms with Gasteiger partial charge in [0, 0.05) is 16.2 Å². The van der Waals surface area contributed by atoms with Crippen LogP contribution >= 0.6 is 11.8 Å². The maximum Gasteiger partial charge on any atom is 0.0555 e. The van der Waals surface area contributed by atoms with E-state index in [1.807, 2.05) is 11.8 Å². The number of aryl methyl sites for hydroxylation is 2. The van der Waals surface area contributed by atoms with Gasteiger partial charge in [0.15, 0.2) is 0 Å². The van der Waals surface area contributed by atoms with Crippen LogP contribution in [-0.4, -0.2) is 6.54 Å². The molecular formula is C18H19NS. The van der Waals surface area contributed by atoms with Crippen molar-refractivity contribution < 1.29 is 0 Å². The van der Waals surface area contributed by atoms with Gasteiger partial charge in [0.05, 0.1) is 6.54 Å². The second-order valence-electron chi connectivity index (χ2n) is 4.76. The van der Waals surface area contributed by atoms with Crippen molar-refractivity contribution in [2.75, 3.05) is 6.54 Å². The highest BCUT2D eigenvalue weighted by Crippen LogP contribution is 2.26. The zero-order valence-electron chi connectivity index (χ0n) is 11.9. The van der Waals surface area contributed by atoms with Crippen molar-refractivity contribution in [1.82, 2.24) is 0 Å². The van der Waals surface area contributed by atoms with Crippen molar-refractivity contribution in [1.29, 1.82) is 0 Å². The molecule has 0 aliphatic carbocycles. The lowest BCUT2D eigenvalue weighted by Gasteiger charge is -2.07. The minimum atomic E-state index is 0.407. The quantitative estimate of drug-likeness (QED) is 0.682. The molecule has 0 bridgehead atoms. The van der Waals surface area contributed by atoms with Crippen LogP contribution in [0.25, 0.3) is 0 Å². The van der Waals surface area contributed by atoms with Crippen LogP contribution in [0, 0.1) is 25.7 Å². The Hall–Kier alpha value is -1.69. The Morgan fingerprint density at radius 3 is 2.50 bits per heavy atom. The molecule has 0 unspecified atom stereocenters. The fourth-order valence-corrected chi connectivity index (χ4v) is 2.94. The van der Waals surface area contributed by atoms with E-state index >= 15 is 0 Å². The number of thioether (sulfide) groups is 1. The van der Waals surface area contributed by atoms with Crippen LogP contribution in [0.15, 0.2) is 47.4 Å². The first-order chi connectivity index (χ1) is 9.69. The Bertz CT molecular complexity index is 633. The third-order valence-electron chi connectivity index (χ3n) is 3.03. The first-order valence-corrected chi connectivity index (χ1v) is 7.65. The van der Waals surface area contributed by atoms with Crippen LogP contribution in [0.1, 0.15) is 22.3 Å². The van der Waals surface area contributed by atoms with E-state index in [0.717, 1.165) is 11.3 Å². The summed E-state index contributed by atoms with van der Waals surface area (Å²) < 4.78 is 0. The number of hydrogen-bond acceptors (Lipinski definition) is 2. The first kappa shape index (κ1) is 14.7. The molecule has 0 heterocycles. The highest BCUT2D eigenvalue weighted by molar-refractivity contribution is 7.98. The molecule has 102 valence electrons. The summed E-state index contributed by atoms with van der Waals surface area (Å²) in [4.78, 5) is 1.36. The van der Waals surface area contributed by atoms with Gasteiger partial charge < -0.3 is 5.73 Å². The van der Waals surface area contributed by atoms with Crippen molar-refractivity contribution >= 4 is 11.8 Å². The lowest BCUT2D eigenvalue weighted by molar-refractivity contribution is 1.25. The summed E-state index contributed by atoms with van der Waals surface area (Å²) in [6, 6.07) is 15.0. The summed E-state index contributed by atoms with van der Waals surface area (Å²) in [6.07, 6.45) is 0. The van der Waals surface area contributed by atoms with Crippen LogP contribution < -0.4 is 5.73 Å². The van der Waals surface area contributed by atoms with Gasteiger partial charge in [-0.1, -0.05) is 41.7 Å². The van der Waals surface area contributed by atoms with Gasteiger partial charge in [0.2, 0.25) is 0 Å². The number of benzene rings is 2. The molecule has 0 spiro atoms. The average Bonchev–Trinajstić information content (AvgIpc) is 2.47. The highest BCUT2D eigenvalue weighted by atomic mass is 32.2. The van der Waals surface area contributed by atoms with Gasteiger partial charge in [0.25, 0.3) is 0 Å². The van der Waals surface area contributed by atoms with E-state index in [9.17, 15) is 0 Å². The van der Waals surface area contributed by atoms with Crippen molar-refractivity contribution in [3.63, 3.8) is 0 Å². The molecule has 0 saturated carbocycles. The molecule has 2 aromatic carbocycles. The molecule has 0 radical (unpaired) electrons. The summed E-state index contributed by atoms with van der Waals surface area (Å²) in [6.45, 7) is 4.70. The smallest absolute Gasteiger partial charge is 0.0555 e. The zero-order chi connectivity index (χ0) is 14.4. The minimum absolute atomic E-state index is 0.407. The predicted octanol–water partition coefficient (Wildman–Crippen LogP) is 3.91. The summed E-state index contributed by atoms with van der Waals surface area (Å²) in [7, 11) is 0. The van der Waals surface area contributed by atoms with Gasteiger partial charge >= 0.3 is 0 Å². The normalized spacial score (nSPS) is 9.95. The predicted molar refractivity (Wildman–Crippen MR) is 87.9 cm³/mol. The molecule has 0 atom stereocenters. The van der Waals surface area contributed by atoms with E-state index in [2.05, 4.69) is 68.2 Å². The van der Waals surface area contributed by atoms with E-state index in [-0.39, 0.29) is 0 Å². The number of hydrogen-bond donors (Lipinski definition) is 1. The Balaban J connectivity index is 2.02. The van der Waals surface area contributed by atoms with Crippen LogP contribution in [0.3, 0.4) is 0 Å². The van der Waals surface area contributed by atoms with Crippen molar-refractivity contribution in [3.8, 4) is 11.8 Å². The van der Waals surface area contributed by atoms with Crippen molar-refractivity contribution in [3.05, 3.63) is 64.7 Å². The second kappa shape index (κ2) is 7.19. The van der Waals surface area contributed by atoms with Crippen LogP contribution in [0.5, 0.6) is 0 Å². The molecule has 0 aliphatic rings. The maximum absolute atomic E-state index is 5.37. The monoisotopic (exact) mass is 281 g/mol. The molecule has 0 aliphatic heterocycles. The molecule has 0 saturated heterocycles. The van der Waals surface area contributed by atoms with Gasteiger partial charge in [-0.15, -0.1) is 11.8 Å². The maximum atomic E-state index is 5.37. The molecule has 1 nitrogen and oxygen atoms in total. The Labute approximate surface area is 125 Å².